The minimum Gasteiger partial charge on any atom is -0.364 e. The third-order valence-electron chi connectivity index (χ3n) is 4.54. The number of carbonyl (C=O) groups excluding carboxylic acids is 1. The summed E-state index contributed by atoms with van der Waals surface area (Å²) in [5.74, 6) is 0.862. The van der Waals surface area contributed by atoms with Crippen LogP contribution in [0, 0.1) is 5.92 Å². The first-order valence-electron chi connectivity index (χ1n) is 8.30. The predicted molar refractivity (Wildman–Crippen MR) is 94.7 cm³/mol. The highest BCUT2D eigenvalue weighted by atomic mass is 16.2. The number of carbonyl (C=O) groups is 1. The Morgan fingerprint density at radius 2 is 1.65 bits per heavy atom. The summed E-state index contributed by atoms with van der Waals surface area (Å²) in [6.07, 6.45) is 0.889. The Bertz CT molecular complexity index is 691. The quantitative estimate of drug-likeness (QED) is 0.890. The van der Waals surface area contributed by atoms with E-state index in [4.69, 9.17) is 0 Å². The number of para-hydroxylation sites is 1. The second-order valence-corrected chi connectivity index (χ2v) is 6.72. The van der Waals surface area contributed by atoms with Gasteiger partial charge >= 0.3 is 0 Å². The molecule has 0 aromatic heterocycles. The molecule has 0 aliphatic carbocycles. The third-order valence-corrected chi connectivity index (χ3v) is 4.54. The average molecular weight is 308 g/mol. The molecule has 0 saturated carbocycles. The van der Waals surface area contributed by atoms with Gasteiger partial charge in [0.05, 0.1) is 5.56 Å². The molecule has 2 aromatic rings. The van der Waals surface area contributed by atoms with Crippen molar-refractivity contribution in [3.8, 4) is 0 Å². The molecule has 0 spiro atoms. The summed E-state index contributed by atoms with van der Waals surface area (Å²) in [5, 5.41) is 6.52. The Morgan fingerprint density at radius 3 is 2.35 bits per heavy atom. The lowest BCUT2D eigenvalue weighted by Gasteiger charge is -2.32. The molecule has 1 heterocycles. The van der Waals surface area contributed by atoms with E-state index in [0.29, 0.717) is 11.8 Å². The van der Waals surface area contributed by atoms with Crippen LogP contribution in [0.15, 0.2) is 48.5 Å². The standard InChI is InChI=1S/C20H24N2O/c1-13(2)16-10-8-15(9-11-16)12-14(3)19-21-18-7-5-4-6-17(18)20(23)22-19/h4-11,13-14,19,21H,12H2,1-3H3,(H,22,23). The summed E-state index contributed by atoms with van der Waals surface area (Å²) in [6, 6.07) is 16.5. The van der Waals surface area contributed by atoms with Crippen molar-refractivity contribution < 1.29 is 4.79 Å². The minimum atomic E-state index is -0.0397. The molecule has 1 aliphatic rings. The zero-order chi connectivity index (χ0) is 16.4. The zero-order valence-electron chi connectivity index (χ0n) is 14.0. The fourth-order valence-corrected chi connectivity index (χ4v) is 3.04. The molecule has 0 fully saturated rings. The van der Waals surface area contributed by atoms with Gasteiger partial charge in [-0.3, -0.25) is 4.79 Å². The molecule has 2 atom stereocenters. The molecule has 1 aliphatic heterocycles. The molecule has 3 rings (SSSR count). The first-order valence-corrected chi connectivity index (χ1v) is 8.30. The number of hydrogen-bond acceptors (Lipinski definition) is 2. The maximum absolute atomic E-state index is 12.2. The second kappa shape index (κ2) is 6.45. The van der Waals surface area contributed by atoms with E-state index >= 15 is 0 Å². The Balaban J connectivity index is 1.69. The van der Waals surface area contributed by atoms with Gasteiger partial charge in [-0.1, -0.05) is 57.2 Å². The van der Waals surface area contributed by atoms with Crippen LogP contribution in [0.2, 0.25) is 0 Å². The molecule has 23 heavy (non-hydrogen) atoms. The lowest BCUT2D eigenvalue weighted by molar-refractivity contribution is 0.0923. The van der Waals surface area contributed by atoms with E-state index in [0.717, 1.165) is 17.7 Å². The Morgan fingerprint density at radius 1 is 0.957 bits per heavy atom. The van der Waals surface area contributed by atoms with Crippen molar-refractivity contribution in [2.24, 2.45) is 5.92 Å². The fourth-order valence-electron chi connectivity index (χ4n) is 3.04. The summed E-state index contributed by atoms with van der Waals surface area (Å²) < 4.78 is 0. The highest BCUT2D eigenvalue weighted by Crippen LogP contribution is 2.24. The van der Waals surface area contributed by atoms with Gasteiger partial charge in [0, 0.05) is 5.69 Å². The predicted octanol–water partition coefficient (Wildman–Crippen LogP) is 4.17. The van der Waals surface area contributed by atoms with Crippen LogP contribution in [-0.2, 0) is 6.42 Å². The molecule has 0 bridgehead atoms. The van der Waals surface area contributed by atoms with Gasteiger partial charge in [0.1, 0.15) is 6.17 Å². The summed E-state index contributed by atoms with van der Waals surface area (Å²) in [5.41, 5.74) is 4.30. The lowest BCUT2D eigenvalue weighted by Crippen LogP contribution is -2.49. The summed E-state index contributed by atoms with van der Waals surface area (Å²) >= 11 is 0. The SMILES string of the molecule is CC(C)c1ccc(CC(C)C2NC(=O)c3ccccc3N2)cc1. The van der Waals surface area contributed by atoms with Crippen molar-refractivity contribution in [3.63, 3.8) is 0 Å². The number of anilines is 1. The van der Waals surface area contributed by atoms with Crippen LogP contribution < -0.4 is 10.6 Å². The molecular formula is C20H24N2O. The average Bonchev–Trinajstić information content (AvgIpc) is 2.55. The van der Waals surface area contributed by atoms with Gasteiger partial charge < -0.3 is 10.6 Å². The molecule has 2 unspecified atom stereocenters. The van der Waals surface area contributed by atoms with E-state index in [1.807, 2.05) is 24.3 Å². The number of amides is 1. The molecule has 1 amide bonds. The third kappa shape index (κ3) is 3.39. The first kappa shape index (κ1) is 15.6. The van der Waals surface area contributed by atoms with Gasteiger partial charge in [0.15, 0.2) is 0 Å². The van der Waals surface area contributed by atoms with Crippen LogP contribution >= 0.6 is 0 Å². The van der Waals surface area contributed by atoms with Gasteiger partial charge in [0.2, 0.25) is 0 Å². The fraction of sp³-hybridized carbons (Fsp3) is 0.350. The van der Waals surface area contributed by atoms with Gasteiger partial charge in [-0.2, -0.15) is 0 Å². The van der Waals surface area contributed by atoms with Crippen molar-refractivity contribution in [3.05, 3.63) is 65.2 Å². The maximum atomic E-state index is 12.2. The van der Waals surface area contributed by atoms with Gasteiger partial charge in [0.25, 0.3) is 5.91 Å². The molecule has 3 nitrogen and oxygen atoms in total. The monoisotopic (exact) mass is 308 g/mol. The molecular weight excluding hydrogens is 284 g/mol. The van der Waals surface area contributed by atoms with E-state index in [2.05, 4.69) is 55.7 Å². The van der Waals surface area contributed by atoms with Gasteiger partial charge in [-0.05, 0) is 41.5 Å². The first-order chi connectivity index (χ1) is 11.0. The number of fused-ring (bicyclic) bond motifs is 1. The molecule has 2 aromatic carbocycles. The summed E-state index contributed by atoms with van der Waals surface area (Å²) in [7, 11) is 0. The topological polar surface area (TPSA) is 41.1 Å². The molecule has 0 saturated heterocycles. The van der Waals surface area contributed by atoms with E-state index in [9.17, 15) is 4.79 Å². The number of nitrogens with one attached hydrogen (secondary N) is 2. The van der Waals surface area contributed by atoms with Crippen molar-refractivity contribution in [1.82, 2.24) is 5.32 Å². The number of hydrogen-bond donors (Lipinski definition) is 2. The van der Waals surface area contributed by atoms with Crippen LogP contribution in [0.5, 0.6) is 0 Å². The van der Waals surface area contributed by atoms with E-state index in [-0.39, 0.29) is 12.1 Å². The molecule has 2 N–H and O–H groups in total. The molecule has 0 radical (unpaired) electrons. The zero-order valence-corrected chi connectivity index (χ0v) is 14.0. The Hall–Kier alpha value is -2.29. The summed E-state index contributed by atoms with van der Waals surface area (Å²) in [4.78, 5) is 12.2. The van der Waals surface area contributed by atoms with E-state index in [1.165, 1.54) is 11.1 Å². The van der Waals surface area contributed by atoms with Crippen molar-refractivity contribution in [2.75, 3.05) is 5.32 Å². The minimum absolute atomic E-state index is 0.00588. The van der Waals surface area contributed by atoms with Crippen LogP contribution in [0.1, 0.15) is 48.2 Å². The molecule has 3 heteroatoms. The highest BCUT2D eigenvalue weighted by Gasteiger charge is 2.26. The number of benzene rings is 2. The van der Waals surface area contributed by atoms with E-state index < -0.39 is 0 Å². The second-order valence-electron chi connectivity index (χ2n) is 6.72. The Labute approximate surface area is 138 Å². The maximum Gasteiger partial charge on any atom is 0.254 e. The molecule has 120 valence electrons. The van der Waals surface area contributed by atoms with E-state index in [1.54, 1.807) is 0 Å². The summed E-state index contributed by atoms with van der Waals surface area (Å²) in [6.45, 7) is 6.58. The lowest BCUT2D eigenvalue weighted by atomic mass is 9.94. The highest BCUT2D eigenvalue weighted by molar-refractivity contribution is 6.01. The Kier molecular flexibility index (Phi) is 4.37. The van der Waals surface area contributed by atoms with Crippen LogP contribution in [0.25, 0.3) is 0 Å². The smallest absolute Gasteiger partial charge is 0.254 e. The van der Waals surface area contributed by atoms with Crippen molar-refractivity contribution >= 4 is 11.6 Å². The van der Waals surface area contributed by atoms with Crippen LogP contribution in [-0.4, -0.2) is 12.1 Å². The van der Waals surface area contributed by atoms with Crippen LogP contribution in [0.3, 0.4) is 0 Å². The van der Waals surface area contributed by atoms with Gasteiger partial charge in [-0.15, -0.1) is 0 Å². The van der Waals surface area contributed by atoms with Crippen LogP contribution in [0.4, 0.5) is 5.69 Å². The van der Waals surface area contributed by atoms with Gasteiger partial charge in [-0.25, -0.2) is 0 Å². The normalized spacial score (nSPS) is 18.1. The van der Waals surface area contributed by atoms with Crippen molar-refractivity contribution in [2.45, 2.75) is 39.3 Å². The van der Waals surface area contributed by atoms with Crippen molar-refractivity contribution in [1.29, 1.82) is 0 Å². The number of rotatable bonds is 4. The largest absolute Gasteiger partial charge is 0.364 e.